The fraction of sp³-hybridized carbons (Fsp3) is 0.947. The van der Waals surface area contributed by atoms with Crippen molar-refractivity contribution in [3.8, 4) is 0 Å². The second-order valence-corrected chi connectivity index (χ2v) is 9.87. The van der Waals surface area contributed by atoms with Gasteiger partial charge < -0.3 is 10.1 Å². The van der Waals surface area contributed by atoms with Gasteiger partial charge in [-0.1, -0.05) is 26.7 Å². The van der Waals surface area contributed by atoms with E-state index in [1.807, 2.05) is 0 Å². The van der Waals surface area contributed by atoms with E-state index in [2.05, 4.69) is 24.1 Å². The molecular formula is C19H37N3O4S. The molecule has 0 aliphatic carbocycles. The van der Waals surface area contributed by atoms with Gasteiger partial charge >= 0.3 is 0 Å². The number of nitrogens with one attached hydrogen (secondary N) is 1. The lowest BCUT2D eigenvalue weighted by atomic mass is 9.91. The van der Waals surface area contributed by atoms with E-state index in [0.717, 1.165) is 39.1 Å². The molecule has 0 aromatic carbocycles. The average molecular weight is 404 g/mol. The molecule has 2 rings (SSSR count). The molecule has 1 N–H and O–H groups in total. The van der Waals surface area contributed by atoms with E-state index >= 15 is 0 Å². The van der Waals surface area contributed by atoms with E-state index in [1.165, 1.54) is 4.31 Å². The maximum absolute atomic E-state index is 12.7. The van der Waals surface area contributed by atoms with Gasteiger partial charge in [-0.15, -0.1) is 0 Å². The first-order valence-corrected chi connectivity index (χ1v) is 12.1. The van der Waals surface area contributed by atoms with E-state index in [0.29, 0.717) is 44.4 Å². The van der Waals surface area contributed by atoms with Crippen molar-refractivity contribution >= 4 is 15.9 Å². The lowest BCUT2D eigenvalue weighted by molar-refractivity contribution is -0.126. The SMILES string of the molecule is CCC(CC)C(CNC(=O)C1CCN(S(=O)(=O)CC)CC1)N1CCOCC1. The second kappa shape index (κ2) is 10.7. The van der Waals surface area contributed by atoms with Crippen LogP contribution in [0.4, 0.5) is 0 Å². The number of morpholine rings is 1. The number of carbonyl (C=O) groups is 1. The third-order valence-corrected chi connectivity index (χ3v) is 8.06. The minimum atomic E-state index is -3.15. The van der Waals surface area contributed by atoms with Gasteiger partial charge in [-0.2, -0.15) is 0 Å². The molecule has 7 nitrogen and oxygen atoms in total. The Morgan fingerprint density at radius 2 is 1.67 bits per heavy atom. The van der Waals surface area contributed by atoms with Crippen molar-refractivity contribution in [3.05, 3.63) is 0 Å². The number of sulfonamides is 1. The van der Waals surface area contributed by atoms with Crippen molar-refractivity contribution in [2.24, 2.45) is 11.8 Å². The molecule has 27 heavy (non-hydrogen) atoms. The van der Waals surface area contributed by atoms with Crippen LogP contribution in [0.2, 0.25) is 0 Å². The van der Waals surface area contributed by atoms with Crippen LogP contribution in [0.3, 0.4) is 0 Å². The van der Waals surface area contributed by atoms with E-state index in [1.54, 1.807) is 6.92 Å². The average Bonchev–Trinajstić information content (AvgIpc) is 2.71. The molecule has 0 aromatic heterocycles. The molecule has 158 valence electrons. The van der Waals surface area contributed by atoms with E-state index in [-0.39, 0.29) is 17.6 Å². The Bertz CT molecular complexity index is 551. The number of piperidine rings is 1. The largest absolute Gasteiger partial charge is 0.379 e. The molecule has 8 heteroatoms. The summed E-state index contributed by atoms with van der Waals surface area (Å²) in [5.74, 6) is 0.675. The molecule has 2 aliphatic heterocycles. The van der Waals surface area contributed by atoms with Crippen LogP contribution in [-0.4, -0.2) is 81.3 Å². The number of ether oxygens (including phenoxy) is 1. The zero-order valence-corrected chi connectivity index (χ0v) is 18.0. The summed E-state index contributed by atoms with van der Waals surface area (Å²) in [4.78, 5) is 15.1. The quantitative estimate of drug-likeness (QED) is 0.628. The topological polar surface area (TPSA) is 79.0 Å². The Kier molecular flexibility index (Phi) is 8.98. The van der Waals surface area contributed by atoms with Crippen molar-refractivity contribution in [2.45, 2.75) is 52.5 Å². The minimum absolute atomic E-state index is 0.0766. The Morgan fingerprint density at radius 3 is 2.19 bits per heavy atom. The highest BCUT2D eigenvalue weighted by Gasteiger charge is 2.32. The van der Waals surface area contributed by atoms with Crippen LogP contribution in [0.5, 0.6) is 0 Å². The summed E-state index contributed by atoms with van der Waals surface area (Å²) in [6.07, 6.45) is 3.42. The Balaban J connectivity index is 1.88. The van der Waals surface area contributed by atoms with Crippen LogP contribution in [0.25, 0.3) is 0 Å². The van der Waals surface area contributed by atoms with Crippen molar-refractivity contribution < 1.29 is 17.9 Å². The summed E-state index contributed by atoms with van der Waals surface area (Å²) in [7, 11) is -3.15. The third kappa shape index (κ3) is 6.14. The fourth-order valence-electron chi connectivity index (χ4n) is 4.26. The zero-order chi connectivity index (χ0) is 19.9. The highest BCUT2D eigenvalue weighted by atomic mass is 32.2. The first-order valence-electron chi connectivity index (χ1n) is 10.5. The van der Waals surface area contributed by atoms with Gasteiger partial charge in [0, 0.05) is 44.7 Å². The standard InChI is InChI=1S/C19H37N3O4S/c1-4-16(5-2)18(21-11-13-26-14-12-21)15-20-19(23)17-7-9-22(10-8-17)27(24,25)6-3/h16-18H,4-15H2,1-3H3,(H,20,23). The highest BCUT2D eigenvalue weighted by Crippen LogP contribution is 2.22. The molecule has 0 saturated carbocycles. The van der Waals surface area contributed by atoms with Gasteiger partial charge in [0.1, 0.15) is 0 Å². The lowest BCUT2D eigenvalue weighted by Gasteiger charge is -2.39. The van der Waals surface area contributed by atoms with Crippen LogP contribution in [0.15, 0.2) is 0 Å². The number of amides is 1. The molecule has 0 radical (unpaired) electrons. The molecule has 0 spiro atoms. The van der Waals surface area contributed by atoms with Gasteiger partial charge in [0.2, 0.25) is 15.9 Å². The third-order valence-electron chi connectivity index (χ3n) is 6.18. The monoisotopic (exact) mass is 403 g/mol. The predicted molar refractivity (Wildman–Crippen MR) is 107 cm³/mol. The summed E-state index contributed by atoms with van der Waals surface area (Å²) >= 11 is 0. The molecule has 2 aliphatic rings. The first-order chi connectivity index (χ1) is 12.9. The maximum atomic E-state index is 12.7. The molecule has 0 bridgehead atoms. The van der Waals surface area contributed by atoms with E-state index in [4.69, 9.17) is 4.74 Å². The van der Waals surface area contributed by atoms with Gasteiger partial charge in [-0.3, -0.25) is 9.69 Å². The molecule has 1 unspecified atom stereocenters. The zero-order valence-electron chi connectivity index (χ0n) is 17.2. The molecule has 2 saturated heterocycles. The Labute approximate surface area is 164 Å². The van der Waals surface area contributed by atoms with Crippen molar-refractivity contribution in [2.75, 3.05) is 51.7 Å². The molecule has 1 atom stereocenters. The summed E-state index contributed by atoms with van der Waals surface area (Å²) in [5, 5.41) is 3.18. The van der Waals surface area contributed by atoms with Crippen LogP contribution in [0, 0.1) is 11.8 Å². The lowest BCUT2D eigenvalue weighted by Crippen LogP contribution is -2.53. The normalized spacial score (nSPS) is 22.1. The van der Waals surface area contributed by atoms with Crippen LogP contribution >= 0.6 is 0 Å². The number of nitrogens with zero attached hydrogens (tertiary/aromatic N) is 2. The van der Waals surface area contributed by atoms with Crippen molar-refractivity contribution in [1.29, 1.82) is 0 Å². The van der Waals surface area contributed by atoms with Gasteiger partial charge in [0.15, 0.2) is 0 Å². The van der Waals surface area contributed by atoms with Gasteiger partial charge in [0.25, 0.3) is 0 Å². The van der Waals surface area contributed by atoms with Gasteiger partial charge in [-0.25, -0.2) is 12.7 Å². The summed E-state index contributed by atoms with van der Waals surface area (Å²) < 4.78 is 31.0. The number of hydrogen-bond acceptors (Lipinski definition) is 5. The number of carbonyl (C=O) groups excluding carboxylic acids is 1. The molecule has 1 amide bonds. The predicted octanol–water partition coefficient (Wildman–Crippen LogP) is 1.30. The van der Waals surface area contributed by atoms with Crippen molar-refractivity contribution in [3.63, 3.8) is 0 Å². The van der Waals surface area contributed by atoms with E-state index in [9.17, 15) is 13.2 Å². The van der Waals surface area contributed by atoms with Crippen molar-refractivity contribution in [1.82, 2.24) is 14.5 Å². The highest BCUT2D eigenvalue weighted by molar-refractivity contribution is 7.89. The second-order valence-electron chi connectivity index (χ2n) is 7.61. The summed E-state index contributed by atoms with van der Waals surface area (Å²) in [6.45, 7) is 11.0. The van der Waals surface area contributed by atoms with Crippen LogP contribution < -0.4 is 5.32 Å². The Morgan fingerprint density at radius 1 is 1.07 bits per heavy atom. The van der Waals surface area contributed by atoms with Crippen LogP contribution in [0.1, 0.15) is 46.5 Å². The minimum Gasteiger partial charge on any atom is -0.379 e. The van der Waals surface area contributed by atoms with Gasteiger partial charge in [-0.05, 0) is 25.7 Å². The first kappa shape index (κ1) is 22.6. The molecular weight excluding hydrogens is 366 g/mol. The molecule has 0 aromatic rings. The molecule has 2 fully saturated rings. The number of hydrogen-bond donors (Lipinski definition) is 1. The summed E-state index contributed by atoms with van der Waals surface area (Å²) in [5.41, 5.74) is 0. The maximum Gasteiger partial charge on any atom is 0.223 e. The molecule has 2 heterocycles. The van der Waals surface area contributed by atoms with E-state index < -0.39 is 10.0 Å². The Hall–Kier alpha value is -0.700. The number of rotatable bonds is 9. The summed E-state index contributed by atoms with van der Waals surface area (Å²) in [6, 6.07) is 0.341. The fourth-order valence-corrected chi connectivity index (χ4v) is 5.40. The van der Waals surface area contributed by atoms with Gasteiger partial charge in [0.05, 0.1) is 19.0 Å². The smallest absolute Gasteiger partial charge is 0.223 e. The van der Waals surface area contributed by atoms with Crippen LogP contribution in [-0.2, 0) is 19.6 Å².